The highest BCUT2D eigenvalue weighted by Crippen LogP contribution is 2.43. The first-order valence-electron chi connectivity index (χ1n) is 7.69. The van der Waals surface area contributed by atoms with Crippen LogP contribution in [0.2, 0.25) is 5.02 Å². The molecule has 0 spiro atoms. The van der Waals surface area contributed by atoms with E-state index in [4.69, 9.17) is 11.6 Å². The summed E-state index contributed by atoms with van der Waals surface area (Å²) in [6.45, 7) is 11.6. The van der Waals surface area contributed by atoms with Gasteiger partial charge in [0, 0.05) is 16.6 Å². The van der Waals surface area contributed by atoms with Crippen LogP contribution in [0, 0.1) is 11.3 Å². The Kier molecular flexibility index (Phi) is 4.51. The Morgan fingerprint density at radius 2 is 1.65 bits per heavy atom. The van der Waals surface area contributed by atoms with Crippen LogP contribution in [-0.4, -0.2) is 5.54 Å². The van der Waals surface area contributed by atoms with E-state index in [9.17, 15) is 0 Å². The zero-order chi connectivity index (χ0) is 15.0. The van der Waals surface area contributed by atoms with Gasteiger partial charge < -0.3 is 5.32 Å². The molecule has 0 radical (unpaired) electrons. The molecule has 0 amide bonds. The van der Waals surface area contributed by atoms with Crippen LogP contribution >= 0.6 is 11.6 Å². The van der Waals surface area contributed by atoms with Crippen molar-refractivity contribution >= 4 is 11.6 Å². The number of nitrogens with one attached hydrogen (secondary N) is 1. The highest BCUT2D eigenvalue weighted by molar-refractivity contribution is 6.30. The number of hydrogen-bond acceptors (Lipinski definition) is 1. The molecule has 1 nitrogen and oxygen atoms in total. The number of halogens is 1. The van der Waals surface area contributed by atoms with Gasteiger partial charge in [0.15, 0.2) is 0 Å². The maximum Gasteiger partial charge on any atom is 0.0406 e. The van der Waals surface area contributed by atoms with Crippen molar-refractivity contribution in [3.8, 4) is 0 Å². The summed E-state index contributed by atoms with van der Waals surface area (Å²) in [5, 5.41) is 4.72. The zero-order valence-corrected chi connectivity index (χ0v) is 14.2. The minimum Gasteiger partial charge on any atom is -0.305 e. The van der Waals surface area contributed by atoms with Crippen molar-refractivity contribution in [1.82, 2.24) is 5.32 Å². The standard InChI is InChI=1S/C18H28ClN/c1-17(2,3)12-18(4,5)20-16(13-6-7-13)14-8-10-15(19)11-9-14/h8-11,13,16,20H,6-7,12H2,1-5H3. The minimum absolute atomic E-state index is 0.144. The van der Waals surface area contributed by atoms with E-state index in [2.05, 4.69) is 52.1 Å². The number of hydrogen-bond donors (Lipinski definition) is 1. The van der Waals surface area contributed by atoms with Crippen molar-refractivity contribution < 1.29 is 0 Å². The summed E-state index contributed by atoms with van der Waals surface area (Å²) < 4.78 is 0. The Bertz CT molecular complexity index is 437. The molecule has 20 heavy (non-hydrogen) atoms. The SMILES string of the molecule is CC(C)(C)CC(C)(C)NC(c1ccc(Cl)cc1)C1CC1. The van der Waals surface area contributed by atoms with E-state index in [1.807, 2.05) is 12.1 Å². The number of benzene rings is 1. The smallest absolute Gasteiger partial charge is 0.0406 e. The lowest BCUT2D eigenvalue weighted by Crippen LogP contribution is -2.45. The van der Waals surface area contributed by atoms with E-state index < -0.39 is 0 Å². The monoisotopic (exact) mass is 293 g/mol. The maximum atomic E-state index is 6.01. The van der Waals surface area contributed by atoms with Crippen molar-refractivity contribution in [3.63, 3.8) is 0 Å². The van der Waals surface area contributed by atoms with E-state index in [0.717, 1.165) is 17.4 Å². The first kappa shape index (κ1) is 15.9. The highest BCUT2D eigenvalue weighted by atomic mass is 35.5. The summed E-state index contributed by atoms with van der Waals surface area (Å²) in [4.78, 5) is 0. The Morgan fingerprint density at radius 1 is 1.10 bits per heavy atom. The van der Waals surface area contributed by atoms with Crippen molar-refractivity contribution in [2.75, 3.05) is 0 Å². The van der Waals surface area contributed by atoms with Gasteiger partial charge in [0.1, 0.15) is 0 Å². The van der Waals surface area contributed by atoms with Crippen molar-refractivity contribution in [3.05, 3.63) is 34.9 Å². The number of rotatable bonds is 5. The van der Waals surface area contributed by atoms with Gasteiger partial charge in [-0.05, 0) is 62.1 Å². The van der Waals surface area contributed by atoms with Gasteiger partial charge >= 0.3 is 0 Å². The quantitative estimate of drug-likeness (QED) is 0.745. The Morgan fingerprint density at radius 3 is 2.10 bits per heavy atom. The summed E-state index contributed by atoms with van der Waals surface area (Å²) in [5.41, 5.74) is 1.86. The first-order chi connectivity index (χ1) is 9.16. The molecular formula is C18H28ClN. The third kappa shape index (κ3) is 4.79. The minimum atomic E-state index is 0.144. The molecule has 2 rings (SSSR count). The second kappa shape index (κ2) is 5.69. The van der Waals surface area contributed by atoms with Crippen molar-refractivity contribution in [2.45, 2.75) is 65.5 Å². The third-order valence-electron chi connectivity index (χ3n) is 3.84. The predicted octanol–water partition coefficient (Wildman–Crippen LogP) is 5.60. The lowest BCUT2D eigenvalue weighted by molar-refractivity contribution is 0.215. The molecule has 112 valence electrons. The van der Waals surface area contributed by atoms with E-state index >= 15 is 0 Å². The molecule has 0 heterocycles. The van der Waals surface area contributed by atoms with Gasteiger partial charge in [0.2, 0.25) is 0 Å². The summed E-state index contributed by atoms with van der Waals surface area (Å²) in [6.07, 6.45) is 3.84. The second-order valence-corrected chi connectivity index (χ2v) is 8.57. The zero-order valence-electron chi connectivity index (χ0n) is 13.5. The largest absolute Gasteiger partial charge is 0.305 e. The van der Waals surface area contributed by atoms with Crippen LogP contribution in [0.3, 0.4) is 0 Å². The van der Waals surface area contributed by atoms with Gasteiger partial charge in [-0.15, -0.1) is 0 Å². The van der Waals surface area contributed by atoms with Crippen molar-refractivity contribution in [1.29, 1.82) is 0 Å². The molecule has 0 aliphatic heterocycles. The van der Waals surface area contributed by atoms with Gasteiger partial charge in [-0.2, -0.15) is 0 Å². The fraction of sp³-hybridized carbons (Fsp3) is 0.667. The third-order valence-corrected chi connectivity index (χ3v) is 4.09. The molecule has 1 aromatic carbocycles. The Balaban J connectivity index is 2.12. The summed E-state index contributed by atoms with van der Waals surface area (Å²) in [7, 11) is 0. The van der Waals surface area contributed by atoms with Gasteiger partial charge in [-0.3, -0.25) is 0 Å². The molecule has 2 heteroatoms. The molecule has 1 N–H and O–H groups in total. The summed E-state index contributed by atoms with van der Waals surface area (Å²) >= 11 is 6.01. The fourth-order valence-corrected chi connectivity index (χ4v) is 3.50. The maximum absolute atomic E-state index is 6.01. The topological polar surface area (TPSA) is 12.0 Å². The van der Waals surface area contributed by atoms with Crippen LogP contribution in [0.25, 0.3) is 0 Å². The molecule has 1 aliphatic rings. The average Bonchev–Trinajstić information content (AvgIpc) is 3.07. The first-order valence-corrected chi connectivity index (χ1v) is 8.07. The van der Waals surface area contributed by atoms with Crippen LogP contribution in [0.5, 0.6) is 0 Å². The summed E-state index contributed by atoms with van der Waals surface area (Å²) in [5.74, 6) is 0.787. The molecule has 0 saturated heterocycles. The lowest BCUT2D eigenvalue weighted by atomic mass is 9.81. The Labute approximate surface area is 129 Å². The van der Waals surface area contributed by atoms with E-state index in [1.54, 1.807) is 0 Å². The molecule has 1 saturated carbocycles. The Hall–Kier alpha value is -0.530. The fourth-order valence-electron chi connectivity index (χ4n) is 3.37. The van der Waals surface area contributed by atoms with Crippen LogP contribution in [0.1, 0.15) is 65.5 Å². The molecule has 1 fully saturated rings. The lowest BCUT2D eigenvalue weighted by Gasteiger charge is -2.37. The molecule has 0 bridgehead atoms. The van der Waals surface area contributed by atoms with E-state index in [1.165, 1.54) is 18.4 Å². The van der Waals surface area contributed by atoms with Gasteiger partial charge in [0.05, 0.1) is 0 Å². The van der Waals surface area contributed by atoms with Crippen LogP contribution in [0.15, 0.2) is 24.3 Å². The van der Waals surface area contributed by atoms with E-state index in [-0.39, 0.29) is 5.54 Å². The summed E-state index contributed by atoms with van der Waals surface area (Å²) in [6, 6.07) is 8.82. The van der Waals surface area contributed by atoms with Crippen molar-refractivity contribution in [2.24, 2.45) is 11.3 Å². The molecule has 1 aromatic rings. The highest BCUT2D eigenvalue weighted by Gasteiger charge is 2.36. The second-order valence-electron chi connectivity index (χ2n) is 8.13. The van der Waals surface area contributed by atoms with Crippen LogP contribution < -0.4 is 5.32 Å². The molecule has 1 unspecified atom stereocenters. The molecule has 0 aromatic heterocycles. The molecular weight excluding hydrogens is 266 g/mol. The van der Waals surface area contributed by atoms with Crippen LogP contribution in [0.4, 0.5) is 0 Å². The van der Waals surface area contributed by atoms with Gasteiger partial charge in [0.25, 0.3) is 0 Å². The van der Waals surface area contributed by atoms with Gasteiger partial charge in [-0.1, -0.05) is 44.5 Å². The van der Waals surface area contributed by atoms with Crippen LogP contribution in [-0.2, 0) is 0 Å². The predicted molar refractivity (Wildman–Crippen MR) is 88.2 cm³/mol. The van der Waals surface area contributed by atoms with E-state index in [0.29, 0.717) is 11.5 Å². The molecule has 1 atom stereocenters. The molecule has 1 aliphatic carbocycles. The van der Waals surface area contributed by atoms with Gasteiger partial charge in [-0.25, -0.2) is 0 Å². The average molecular weight is 294 g/mol. The normalized spacial score (nSPS) is 18.1.